The fourth-order valence-corrected chi connectivity index (χ4v) is 3.99. The average molecular weight is 426 g/mol. The Bertz CT molecular complexity index is 378. The second-order valence-electron chi connectivity index (χ2n) is 9.27. The normalized spacial score (nSPS) is 16.3. The highest BCUT2D eigenvalue weighted by Gasteiger charge is 2.15. The largest absolute Gasteiger partial charge is 0.392 e. The van der Waals surface area contributed by atoms with Crippen molar-refractivity contribution in [3.8, 4) is 0 Å². The number of ketones is 1. The summed E-state index contributed by atoms with van der Waals surface area (Å²) in [6.07, 6.45) is 24.6. The lowest BCUT2D eigenvalue weighted by atomic mass is 10.0. The number of aliphatic hydroxyl groups excluding tert-OH is 1. The van der Waals surface area contributed by atoms with Crippen LogP contribution in [0.15, 0.2) is 0 Å². The van der Waals surface area contributed by atoms with E-state index in [0.717, 1.165) is 51.5 Å². The van der Waals surface area contributed by atoms with E-state index in [1.165, 1.54) is 89.9 Å². The van der Waals surface area contributed by atoms with Gasteiger partial charge in [0.05, 0.1) is 6.10 Å². The molecule has 1 aliphatic heterocycles. The highest BCUT2D eigenvalue weighted by molar-refractivity contribution is 5.75. The minimum absolute atomic E-state index is 0.0509. The Morgan fingerprint density at radius 3 is 1.47 bits per heavy atom. The average Bonchev–Trinajstić information content (AvgIpc) is 3.10. The highest BCUT2D eigenvalue weighted by atomic mass is 16.3. The van der Waals surface area contributed by atoms with Crippen LogP contribution < -0.4 is 0 Å². The van der Waals surface area contributed by atoms with Crippen LogP contribution in [-0.2, 0) is 9.59 Å². The van der Waals surface area contributed by atoms with E-state index in [1.54, 1.807) is 6.92 Å². The van der Waals surface area contributed by atoms with Crippen molar-refractivity contribution < 1.29 is 14.7 Å². The number of Topliss-reactive ketones (excluding diaryl/α,β-unsaturated/α-hetero) is 1. The van der Waals surface area contributed by atoms with Gasteiger partial charge in [0.1, 0.15) is 12.1 Å². The number of likely N-dealkylation sites (tertiary alicyclic amines) is 1. The van der Waals surface area contributed by atoms with Gasteiger partial charge in [-0.2, -0.15) is 0 Å². The molecule has 30 heavy (non-hydrogen) atoms. The minimum Gasteiger partial charge on any atom is -0.392 e. The molecular weight excluding hydrogens is 374 g/mol. The number of nitrogens with zero attached hydrogens (tertiary/aromatic N) is 1. The van der Waals surface area contributed by atoms with Crippen molar-refractivity contribution in [2.75, 3.05) is 20.1 Å². The fourth-order valence-electron chi connectivity index (χ4n) is 3.99. The van der Waals surface area contributed by atoms with Crippen LogP contribution in [0.5, 0.6) is 0 Å². The molecule has 1 N–H and O–H groups in total. The highest BCUT2D eigenvalue weighted by Crippen LogP contribution is 2.14. The van der Waals surface area contributed by atoms with E-state index in [-0.39, 0.29) is 6.10 Å². The van der Waals surface area contributed by atoms with Gasteiger partial charge in [0.25, 0.3) is 0 Å². The number of likely N-dealkylation sites (N-methyl/N-ethyl adjacent to an activating group) is 1. The van der Waals surface area contributed by atoms with Crippen molar-refractivity contribution in [3.63, 3.8) is 0 Å². The molecule has 0 aliphatic carbocycles. The predicted octanol–water partition coefficient (Wildman–Crippen LogP) is 6.48. The van der Waals surface area contributed by atoms with Crippen LogP contribution in [0.1, 0.15) is 129 Å². The van der Waals surface area contributed by atoms with Crippen LogP contribution in [0.3, 0.4) is 0 Å². The van der Waals surface area contributed by atoms with Crippen LogP contribution in [0.2, 0.25) is 0 Å². The first-order valence-electron chi connectivity index (χ1n) is 12.9. The summed E-state index contributed by atoms with van der Waals surface area (Å²) in [4.78, 5) is 23.1. The van der Waals surface area contributed by atoms with Gasteiger partial charge in [-0.1, -0.05) is 89.9 Å². The zero-order chi connectivity index (χ0) is 22.3. The van der Waals surface area contributed by atoms with Gasteiger partial charge < -0.3 is 19.6 Å². The number of aldehydes is 1. The molecule has 0 amide bonds. The zero-order valence-electron chi connectivity index (χ0n) is 20.2. The number of unbranched alkanes of at least 4 members (excludes halogenated alkanes) is 16. The lowest BCUT2D eigenvalue weighted by Crippen LogP contribution is -2.15. The van der Waals surface area contributed by atoms with Crippen LogP contribution in [0.4, 0.5) is 0 Å². The molecule has 178 valence electrons. The van der Waals surface area contributed by atoms with Gasteiger partial charge in [0.15, 0.2) is 0 Å². The van der Waals surface area contributed by atoms with Crippen molar-refractivity contribution in [2.24, 2.45) is 0 Å². The molecule has 4 heteroatoms. The minimum atomic E-state index is -0.0509. The van der Waals surface area contributed by atoms with Gasteiger partial charge in [0, 0.05) is 25.9 Å². The van der Waals surface area contributed by atoms with Crippen molar-refractivity contribution in [1.82, 2.24) is 4.90 Å². The van der Waals surface area contributed by atoms with Crippen LogP contribution in [-0.4, -0.2) is 48.3 Å². The second-order valence-corrected chi connectivity index (χ2v) is 9.27. The maximum Gasteiger partial charge on any atom is 0.129 e. The predicted molar refractivity (Wildman–Crippen MR) is 128 cm³/mol. The lowest BCUT2D eigenvalue weighted by Gasteiger charge is -2.03. The third-order valence-electron chi connectivity index (χ3n) is 5.97. The first kappa shape index (κ1) is 29.3. The fraction of sp³-hybridized carbons (Fsp3) is 0.923. The van der Waals surface area contributed by atoms with E-state index < -0.39 is 0 Å². The molecule has 1 saturated heterocycles. The van der Waals surface area contributed by atoms with Gasteiger partial charge in [-0.3, -0.25) is 0 Å². The van der Waals surface area contributed by atoms with Gasteiger partial charge in [0.2, 0.25) is 0 Å². The molecule has 0 spiro atoms. The standard InChI is InChI=1S/C21H40O2.C5H11NO/c1-21(23)19-17-15-13-11-9-7-5-3-2-4-6-8-10-12-14-16-18-20-22;1-6-3-2-5(7)4-6/h20H,2-19H2,1H3;5,7H,2-4H2,1H3/t;5-/m.0/s1. The van der Waals surface area contributed by atoms with E-state index in [1.807, 2.05) is 7.05 Å². The molecule has 4 nitrogen and oxygen atoms in total. The quantitative estimate of drug-likeness (QED) is 0.190. The first-order chi connectivity index (χ1) is 14.6. The lowest BCUT2D eigenvalue weighted by molar-refractivity contribution is -0.117. The maximum absolute atomic E-state index is 10.8. The second kappa shape index (κ2) is 22.9. The Hall–Kier alpha value is -0.740. The molecule has 0 aromatic heterocycles. The number of aliphatic hydroxyl groups is 1. The molecule has 0 bridgehead atoms. The summed E-state index contributed by atoms with van der Waals surface area (Å²) in [7, 11) is 2.02. The third kappa shape index (κ3) is 23.5. The molecule has 1 atom stereocenters. The summed E-state index contributed by atoms with van der Waals surface area (Å²) >= 11 is 0. The van der Waals surface area contributed by atoms with E-state index in [0.29, 0.717) is 5.78 Å². The van der Waals surface area contributed by atoms with Crippen molar-refractivity contribution in [2.45, 2.75) is 135 Å². The molecular formula is C26H51NO3. The Morgan fingerprint density at radius 2 is 1.20 bits per heavy atom. The number of rotatable bonds is 19. The molecule has 0 unspecified atom stereocenters. The molecule has 0 aromatic carbocycles. The molecule has 0 radical (unpaired) electrons. The smallest absolute Gasteiger partial charge is 0.129 e. The van der Waals surface area contributed by atoms with Crippen molar-refractivity contribution in [1.29, 1.82) is 0 Å². The third-order valence-corrected chi connectivity index (χ3v) is 5.97. The molecule has 1 rings (SSSR count). The molecule has 1 aliphatic rings. The summed E-state index contributed by atoms with van der Waals surface area (Å²) in [5, 5.41) is 8.86. The van der Waals surface area contributed by atoms with Crippen LogP contribution >= 0.6 is 0 Å². The van der Waals surface area contributed by atoms with E-state index in [2.05, 4.69) is 4.90 Å². The number of hydrogen-bond acceptors (Lipinski definition) is 4. The summed E-state index contributed by atoms with van der Waals surface area (Å²) in [6.45, 7) is 3.61. The van der Waals surface area contributed by atoms with E-state index in [4.69, 9.17) is 5.11 Å². The summed E-state index contributed by atoms with van der Waals surface area (Å²) in [5.41, 5.74) is 0. The molecule has 0 aromatic rings. The van der Waals surface area contributed by atoms with Crippen molar-refractivity contribution >= 4 is 12.1 Å². The van der Waals surface area contributed by atoms with E-state index in [9.17, 15) is 9.59 Å². The Morgan fingerprint density at radius 1 is 0.800 bits per heavy atom. The summed E-state index contributed by atoms with van der Waals surface area (Å²) in [5.74, 6) is 0.336. The van der Waals surface area contributed by atoms with Gasteiger partial charge in [-0.05, 0) is 33.2 Å². The number of hydrogen-bond donors (Lipinski definition) is 1. The van der Waals surface area contributed by atoms with E-state index >= 15 is 0 Å². The van der Waals surface area contributed by atoms with Crippen LogP contribution in [0, 0.1) is 0 Å². The zero-order valence-corrected chi connectivity index (χ0v) is 20.2. The Kier molecular flexibility index (Phi) is 22.4. The number of carbonyl (C=O) groups excluding carboxylic acids is 2. The first-order valence-corrected chi connectivity index (χ1v) is 12.9. The van der Waals surface area contributed by atoms with Gasteiger partial charge in [-0.25, -0.2) is 0 Å². The SMILES string of the molecule is CC(=O)CCCCCCCCCCCCCCCCCCC=O.CN1CC[C@H](O)C1. The number of β-amino-alcohol motifs (C(OH)–C–C–N with tert-alkyl or cyclic N) is 1. The Labute approximate surface area is 187 Å². The molecule has 1 heterocycles. The topological polar surface area (TPSA) is 57.6 Å². The van der Waals surface area contributed by atoms with Crippen molar-refractivity contribution in [3.05, 3.63) is 0 Å². The summed E-state index contributed by atoms with van der Waals surface area (Å²) < 4.78 is 0. The summed E-state index contributed by atoms with van der Waals surface area (Å²) in [6, 6.07) is 0. The van der Waals surface area contributed by atoms with Gasteiger partial charge >= 0.3 is 0 Å². The Balaban J connectivity index is 0.000001000. The molecule has 0 saturated carbocycles. The monoisotopic (exact) mass is 425 g/mol. The molecule has 1 fully saturated rings. The van der Waals surface area contributed by atoms with Gasteiger partial charge in [-0.15, -0.1) is 0 Å². The van der Waals surface area contributed by atoms with Crippen LogP contribution in [0.25, 0.3) is 0 Å². The number of carbonyl (C=O) groups is 2. The maximum atomic E-state index is 10.8.